The largest absolute Gasteiger partial charge is 0.465 e. The average molecular weight is 483 g/mol. The van der Waals surface area contributed by atoms with Gasteiger partial charge in [-0.25, -0.2) is 4.79 Å². The van der Waals surface area contributed by atoms with Crippen molar-refractivity contribution in [3.05, 3.63) is 107 Å². The van der Waals surface area contributed by atoms with Crippen molar-refractivity contribution in [1.29, 1.82) is 0 Å². The minimum Gasteiger partial charge on any atom is -0.465 e. The number of rotatable bonds is 7. The van der Waals surface area contributed by atoms with Gasteiger partial charge in [-0.3, -0.25) is 9.78 Å². The number of hydrogen-bond donors (Lipinski definition) is 1. The Morgan fingerprint density at radius 2 is 1.54 bits per heavy atom. The zero-order chi connectivity index (χ0) is 24.8. The minimum atomic E-state index is -0.362. The molecule has 176 valence electrons. The van der Waals surface area contributed by atoms with Crippen LogP contribution in [-0.4, -0.2) is 30.2 Å². The quantitative estimate of drug-likeness (QED) is 0.252. The normalized spacial score (nSPS) is 10.6. The van der Waals surface area contributed by atoms with E-state index < -0.39 is 0 Å². The van der Waals surface area contributed by atoms with E-state index in [1.807, 2.05) is 79.9 Å². The van der Waals surface area contributed by atoms with Gasteiger partial charge in [0.25, 0.3) is 5.91 Å². The maximum Gasteiger partial charge on any atom is 0.337 e. The Morgan fingerprint density at radius 3 is 2.26 bits per heavy atom. The van der Waals surface area contributed by atoms with Crippen LogP contribution in [0.2, 0.25) is 0 Å². The van der Waals surface area contributed by atoms with E-state index in [2.05, 4.69) is 16.4 Å². The fourth-order valence-electron chi connectivity index (χ4n) is 3.81. The van der Waals surface area contributed by atoms with Crippen LogP contribution in [0.25, 0.3) is 22.3 Å². The molecule has 0 aliphatic rings. The van der Waals surface area contributed by atoms with Crippen molar-refractivity contribution in [3.8, 4) is 22.3 Å². The van der Waals surface area contributed by atoms with Gasteiger partial charge in [0.05, 0.1) is 24.9 Å². The molecule has 5 nitrogen and oxygen atoms in total. The first kappa shape index (κ1) is 24.2. The van der Waals surface area contributed by atoms with E-state index in [1.54, 1.807) is 24.0 Å². The van der Waals surface area contributed by atoms with Crippen molar-refractivity contribution < 1.29 is 14.3 Å². The van der Waals surface area contributed by atoms with Gasteiger partial charge in [0, 0.05) is 16.7 Å². The third-order valence-corrected chi connectivity index (χ3v) is 6.61. The van der Waals surface area contributed by atoms with Crippen LogP contribution in [0.1, 0.15) is 32.0 Å². The van der Waals surface area contributed by atoms with Gasteiger partial charge in [0.1, 0.15) is 0 Å². The summed E-state index contributed by atoms with van der Waals surface area (Å²) in [7, 11) is 1.38. The molecule has 0 spiro atoms. The van der Waals surface area contributed by atoms with Gasteiger partial charge in [-0.1, -0.05) is 36.4 Å². The summed E-state index contributed by atoms with van der Waals surface area (Å²) in [6.45, 7) is 2.36. The molecule has 0 saturated carbocycles. The highest BCUT2D eigenvalue weighted by Gasteiger charge is 2.10. The lowest BCUT2D eigenvalue weighted by atomic mass is 9.98. The molecular formula is C29H26N2O3S. The number of carbonyl (C=O) groups excluding carboxylic acids is 2. The Hall–Kier alpha value is -3.90. The van der Waals surface area contributed by atoms with Crippen LogP contribution in [0.5, 0.6) is 0 Å². The van der Waals surface area contributed by atoms with Gasteiger partial charge in [-0.2, -0.15) is 0 Å². The molecule has 0 aliphatic carbocycles. The van der Waals surface area contributed by atoms with Crippen LogP contribution in [-0.2, 0) is 11.3 Å². The first-order valence-electron chi connectivity index (χ1n) is 11.2. The molecule has 0 saturated heterocycles. The summed E-state index contributed by atoms with van der Waals surface area (Å²) in [5.74, 6) is -0.487. The van der Waals surface area contributed by atoms with E-state index in [-0.39, 0.29) is 11.9 Å². The number of carbonyl (C=O) groups is 2. The van der Waals surface area contributed by atoms with Crippen molar-refractivity contribution >= 4 is 23.6 Å². The highest BCUT2D eigenvalue weighted by Crippen LogP contribution is 2.27. The fourth-order valence-corrected chi connectivity index (χ4v) is 4.45. The number of nitrogens with zero attached hydrogens (tertiary/aromatic N) is 1. The molecule has 0 unspecified atom stereocenters. The molecular weight excluding hydrogens is 456 g/mol. The maximum atomic E-state index is 12.7. The van der Waals surface area contributed by atoms with Crippen LogP contribution in [0.3, 0.4) is 0 Å². The lowest BCUT2D eigenvalue weighted by Gasteiger charge is -2.10. The number of aryl methyl sites for hydroxylation is 1. The third-order valence-electron chi connectivity index (χ3n) is 5.73. The molecule has 0 aliphatic heterocycles. The number of hydrogen-bond acceptors (Lipinski definition) is 5. The molecule has 0 fully saturated rings. The Balaban J connectivity index is 1.51. The standard InChI is InChI=1S/C29H26N2O3S/c1-19-10-11-24(17-27(19)35-3)28(32)31-18-26-16-23(12-13-30-26)21-7-4-6-20(14-21)22-8-5-9-25(15-22)29(33)34-2/h4-17H,18H2,1-3H3,(H,31,32). The summed E-state index contributed by atoms with van der Waals surface area (Å²) in [5, 5.41) is 2.97. The van der Waals surface area contributed by atoms with Gasteiger partial charge in [-0.15, -0.1) is 11.8 Å². The van der Waals surface area contributed by atoms with E-state index in [0.717, 1.165) is 38.4 Å². The Bertz CT molecular complexity index is 1380. The number of methoxy groups -OCH3 is 1. The van der Waals surface area contributed by atoms with E-state index in [0.29, 0.717) is 17.7 Å². The molecule has 4 rings (SSSR count). The average Bonchev–Trinajstić information content (AvgIpc) is 2.91. The first-order valence-corrected chi connectivity index (χ1v) is 12.4. The lowest BCUT2D eigenvalue weighted by Crippen LogP contribution is -2.23. The number of benzene rings is 3. The minimum absolute atomic E-state index is 0.125. The van der Waals surface area contributed by atoms with Crippen molar-refractivity contribution in [2.75, 3.05) is 13.4 Å². The number of nitrogens with one attached hydrogen (secondary N) is 1. The zero-order valence-corrected chi connectivity index (χ0v) is 20.7. The Kier molecular flexibility index (Phi) is 7.63. The highest BCUT2D eigenvalue weighted by atomic mass is 32.2. The second-order valence-corrected chi connectivity index (χ2v) is 8.90. The number of thioether (sulfide) groups is 1. The van der Waals surface area contributed by atoms with E-state index >= 15 is 0 Å². The number of amides is 1. The lowest BCUT2D eigenvalue weighted by molar-refractivity contribution is 0.0600. The summed E-state index contributed by atoms with van der Waals surface area (Å²) in [6.07, 6.45) is 3.75. The van der Waals surface area contributed by atoms with Crippen molar-refractivity contribution in [1.82, 2.24) is 10.3 Å². The Labute approximate surface area is 209 Å². The molecule has 0 radical (unpaired) electrons. The smallest absolute Gasteiger partial charge is 0.337 e. The zero-order valence-electron chi connectivity index (χ0n) is 19.9. The molecule has 35 heavy (non-hydrogen) atoms. The first-order chi connectivity index (χ1) is 17.0. The molecule has 4 aromatic rings. The summed E-state index contributed by atoms with van der Waals surface area (Å²) >= 11 is 1.63. The van der Waals surface area contributed by atoms with Crippen molar-refractivity contribution in [3.63, 3.8) is 0 Å². The summed E-state index contributed by atoms with van der Waals surface area (Å²) in [6, 6.07) is 25.1. The van der Waals surface area contributed by atoms with Crippen LogP contribution < -0.4 is 5.32 Å². The van der Waals surface area contributed by atoms with E-state index in [4.69, 9.17) is 4.74 Å². The second-order valence-electron chi connectivity index (χ2n) is 8.06. The van der Waals surface area contributed by atoms with Gasteiger partial charge in [0.2, 0.25) is 0 Å². The molecule has 0 bridgehead atoms. The molecule has 1 aromatic heterocycles. The molecule has 1 heterocycles. The van der Waals surface area contributed by atoms with E-state index in [9.17, 15) is 9.59 Å². The van der Waals surface area contributed by atoms with Crippen molar-refractivity contribution in [2.24, 2.45) is 0 Å². The topological polar surface area (TPSA) is 68.3 Å². The number of ether oxygens (including phenoxy) is 1. The predicted molar refractivity (Wildman–Crippen MR) is 141 cm³/mol. The van der Waals surface area contributed by atoms with Crippen LogP contribution in [0.4, 0.5) is 0 Å². The fraction of sp³-hybridized carbons (Fsp3) is 0.138. The maximum absolute atomic E-state index is 12.7. The van der Waals surface area contributed by atoms with E-state index in [1.165, 1.54) is 7.11 Å². The molecule has 6 heteroatoms. The van der Waals surface area contributed by atoms with Gasteiger partial charge in [0.15, 0.2) is 0 Å². The number of aromatic nitrogens is 1. The summed E-state index contributed by atoms with van der Waals surface area (Å²) in [5.41, 5.74) is 7.00. The summed E-state index contributed by atoms with van der Waals surface area (Å²) < 4.78 is 4.84. The summed E-state index contributed by atoms with van der Waals surface area (Å²) in [4.78, 5) is 30.1. The van der Waals surface area contributed by atoms with Gasteiger partial charge >= 0.3 is 5.97 Å². The van der Waals surface area contributed by atoms with Crippen LogP contribution in [0.15, 0.2) is 90.0 Å². The third kappa shape index (κ3) is 5.78. The SMILES string of the molecule is COC(=O)c1cccc(-c2cccc(-c3ccnc(CNC(=O)c4ccc(C)c(SC)c4)c3)c2)c1. The van der Waals surface area contributed by atoms with Crippen LogP contribution >= 0.6 is 11.8 Å². The highest BCUT2D eigenvalue weighted by molar-refractivity contribution is 7.98. The molecule has 3 aromatic carbocycles. The number of esters is 1. The molecule has 1 N–H and O–H groups in total. The molecule has 0 atom stereocenters. The number of pyridine rings is 1. The van der Waals surface area contributed by atoms with Crippen LogP contribution in [0, 0.1) is 6.92 Å². The van der Waals surface area contributed by atoms with Gasteiger partial charge in [-0.05, 0) is 83.5 Å². The molecule has 1 amide bonds. The predicted octanol–water partition coefficient (Wildman–Crippen LogP) is 6.16. The van der Waals surface area contributed by atoms with Gasteiger partial charge < -0.3 is 10.1 Å². The Morgan fingerprint density at radius 1 is 0.857 bits per heavy atom. The van der Waals surface area contributed by atoms with Crippen molar-refractivity contribution in [2.45, 2.75) is 18.4 Å². The second kappa shape index (κ2) is 11.0. The monoisotopic (exact) mass is 482 g/mol.